The Balaban J connectivity index is 1.75. The maximum Gasteiger partial charge on any atom is 0.338 e. The molecule has 10 heteroatoms. The van der Waals surface area contributed by atoms with E-state index in [1.807, 2.05) is 30.3 Å². The van der Waals surface area contributed by atoms with E-state index in [1.54, 1.807) is 77.1 Å². The highest BCUT2D eigenvalue weighted by Gasteiger charge is 2.31. The number of carbonyl (C=O) groups excluding carboxylic acids is 2. The lowest BCUT2D eigenvalue weighted by molar-refractivity contribution is -0.110. The predicted octanol–water partition coefficient (Wildman–Crippen LogP) is 5.08. The lowest BCUT2D eigenvalue weighted by Crippen LogP contribution is -2.49. The second-order valence-corrected chi connectivity index (χ2v) is 13.2. The molecule has 4 rings (SSSR count). The molecule has 3 aromatic carbocycles. The molecule has 0 aliphatic carbocycles. The minimum Gasteiger partial charge on any atom is -0.462 e. The molecular weight excluding hydrogens is 540 g/mol. The molecule has 3 aromatic rings. The Morgan fingerprint density at radius 2 is 1.68 bits per heavy atom. The highest BCUT2D eigenvalue weighted by molar-refractivity contribution is 7.93. The van der Waals surface area contributed by atoms with Crippen molar-refractivity contribution < 1.29 is 22.7 Å². The largest absolute Gasteiger partial charge is 0.462 e. The molecule has 9 nitrogen and oxygen atoms in total. The topological polar surface area (TPSA) is 131 Å². The second-order valence-electron chi connectivity index (χ2n) is 10.8. The smallest absolute Gasteiger partial charge is 0.338 e. The molecule has 0 fully saturated rings. The molecule has 0 atom stereocenters. The monoisotopic (exact) mass is 576 g/mol. The van der Waals surface area contributed by atoms with Crippen LogP contribution in [-0.4, -0.2) is 44.2 Å². The van der Waals surface area contributed by atoms with Gasteiger partial charge in [-0.1, -0.05) is 36.4 Å². The molecule has 1 amide bonds. The normalized spacial score (nSPS) is 14.4. The number of amides is 1. The second kappa shape index (κ2) is 11.8. The maximum atomic E-state index is 13.3. The average Bonchev–Trinajstić information content (AvgIpc) is 3.25. The molecule has 216 valence electrons. The molecule has 0 bridgehead atoms. The minimum absolute atomic E-state index is 0.115. The van der Waals surface area contributed by atoms with Crippen molar-refractivity contribution in [2.24, 2.45) is 5.73 Å². The first-order valence-corrected chi connectivity index (χ1v) is 14.9. The number of fused-ring (bicyclic) bond motifs is 1. The summed E-state index contributed by atoms with van der Waals surface area (Å²) in [4.78, 5) is 25.5. The zero-order valence-corrected chi connectivity index (χ0v) is 24.7. The molecule has 1 heterocycles. The van der Waals surface area contributed by atoms with Gasteiger partial charge < -0.3 is 21.1 Å². The first kappa shape index (κ1) is 29.8. The highest BCUT2D eigenvalue weighted by atomic mass is 32.2. The van der Waals surface area contributed by atoms with E-state index in [1.165, 1.54) is 4.31 Å². The summed E-state index contributed by atoms with van der Waals surface area (Å²) in [6, 6.07) is 21.4. The molecular formula is C31H36N4O5S. The van der Waals surface area contributed by atoms with Gasteiger partial charge in [-0.15, -0.1) is 0 Å². The lowest BCUT2D eigenvalue weighted by atomic mass is 9.99. The number of nitrogens with zero attached hydrogens (tertiary/aromatic N) is 1. The van der Waals surface area contributed by atoms with Crippen molar-refractivity contribution in [1.29, 1.82) is 0 Å². The summed E-state index contributed by atoms with van der Waals surface area (Å²) in [7, 11) is -3.63. The fourth-order valence-electron chi connectivity index (χ4n) is 4.45. The quantitative estimate of drug-likeness (QED) is 0.227. The minimum atomic E-state index is -3.63. The van der Waals surface area contributed by atoms with Gasteiger partial charge in [-0.2, -0.15) is 0 Å². The molecule has 41 heavy (non-hydrogen) atoms. The van der Waals surface area contributed by atoms with Crippen LogP contribution in [0.3, 0.4) is 0 Å². The predicted molar refractivity (Wildman–Crippen MR) is 164 cm³/mol. The van der Waals surface area contributed by atoms with Crippen LogP contribution < -0.4 is 20.7 Å². The van der Waals surface area contributed by atoms with Crippen LogP contribution in [0.15, 0.2) is 72.8 Å². The number of nitrogens with two attached hydrogens (primary N) is 1. The number of hydrogen-bond acceptors (Lipinski definition) is 7. The standard InChI is InChI=1S/C31H36N4O5S/c1-6-40-30(37)22-12-17-25-26(18-22)34-29(36)27(25)28(21-10-8-7-9-11-21)33-23-13-15-24(16-14-23)35(19-31(4,5)32)41(38,39)20(2)3/h7-18,20,33H,6,19,32H2,1-5H3,(H,34,36). The van der Waals surface area contributed by atoms with Gasteiger partial charge in [-0.3, -0.25) is 9.10 Å². The number of hydrogen-bond donors (Lipinski definition) is 3. The number of sulfonamides is 1. The Hall–Kier alpha value is -4.15. The summed E-state index contributed by atoms with van der Waals surface area (Å²) in [5.74, 6) is -0.779. The maximum absolute atomic E-state index is 13.3. The number of carbonyl (C=O) groups is 2. The Labute approximate surface area is 241 Å². The molecule has 0 saturated heterocycles. The third kappa shape index (κ3) is 6.61. The van der Waals surface area contributed by atoms with Crippen LogP contribution in [0.2, 0.25) is 0 Å². The SMILES string of the molecule is CCOC(=O)c1ccc2c(c1)NC(=O)C2=C(Nc1ccc(N(CC(C)(C)N)S(=O)(=O)C(C)C)cc1)c1ccccc1. The van der Waals surface area contributed by atoms with Crippen LogP contribution in [0.25, 0.3) is 11.3 Å². The van der Waals surface area contributed by atoms with Gasteiger partial charge in [0.05, 0.1) is 46.6 Å². The Morgan fingerprint density at radius 3 is 2.27 bits per heavy atom. The van der Waals surface area contributed by atoms with Gasteiger partial charge in [0, 0.05) is 16.8 Å². The number of nitrogens with one attached hydrogen (secondary N) is 2. The van der Waals surface area contributed by atoms with Gasteiger partial charge in [0.15, 0.2) is 0 Å². The van der Waals surface area contributed by atoms with Crippen molar-refractivity contribution in [2.45, 2.75) is 45.4 Å². The number of esters is 1. The number of anilines is 3. The zero-order chi connectivity index (χ0) is 29.9. The molecule has 1 aliphatic rings. The van der Waals surface area contributed by atoms with Crippen LogP contribution in [0.1, 0.15) is 56.1 Å². The molecule has 1 aliphatic heterocycles. The van der Waals surface area contributed by atoms with Gasteiger partial charge in [0.25, 0.3) is 5.91 Å². The summed E-state index contributed by atoms with van der Waals surface area (Å²) in [5, 5.41) is 5.62. The summed E-state index contributed by atoms with van der Waals surface area (Å²) >= 11 is 0. The van der Waals surface area contributed by atoms with Crippen LogP contribution >= 0.6 is 0 Å². The van der Waals surface area contributed by atoms with E-state index < -0.39 is 26.8 Å². The van der Waals surface area contributed by atoms with E-state index in [-0.39, 0.29) is 19.1 Å². The van der Waals surface area contributed by atoms with Crippen LogP contribution in [0.4, 0.5) is 17.1 Å². The van der Waals surface area contributed by atoms with E-state index in [0.717, 1.165) is 5.56 Å². The third-order valence-electron chi connectivity index (χ3n) is 6.47. The number of ether oxygens (including phenoxy) is 1. The van der Waals surface area contributed by atoms with E-state index in [0.29, 0.717) is 39.5 Å². The zero-order valence-electron chi connectivity index (χ0n) is 23.9. The first-order chi connectivity index (χ1) is 19.3. The molecule has 0 saturated carbocycles. The van der Waals surface area contributed by atoms with Gasteiger partial charge in [-0.25, -0.2) is 13.2 Å². The van der Waals surface area contributed by atoms with Gasteiger partial charge in [0.1, 0.15) is 0 Å². The third-order valence-corrected chi connectivity index (χ3v) is 8.61. The van der Waals surface area contributed by atoms with Crippen LogP contribution in [0, 0.1) is 0 Å². The van der Waals surface area contributed by atoms with Crippen molar-refractivity contribution in [1.82, 2.24) is 0 Å². The molecule has 0 unspecified atom stereocenters. The highest BCUT2D eigenvalue weighted by Crippen LogP contribution is 2.38. The van der Waals surface area contributed by atoms with Crippen molar-refractivity contribution in [3.63, 3.8) is 0 Å². The Bertz CT molecular complexity index is 1570. The lowest BCUT2D eigenvalue weighted by Gasteiger charge is -2.32. The molecule has 4 N–H and O–H groups in total. The van der Waals surface area contributed by atoms with E-state index >= 15 is 0 Å². The van der Waals surface area contributed by atoms with Crippen molar-refractivity contribution in [3.8, 4) is 0 Å². The summed E-state index contributed by atoms with van der Waals surface area (Å²) in [5.41, 5.74) is 9.86. The molecule has 0 aromatic heterocycles. The van der Waals surface area contributed by atoms with Crippen molar-refractivity contribution in [2.75, 3.05) is 28.1 Å². The van der Waals surface area contributed by atoms with Gasteiger partial charge in [0.2, 0.25) is 10.0 Å². The fraction of sp³-hybridized carbons (Fsp3) is 0.290. The average molecular weight is 577 g/mol. The van der Waals surface area contributed by atoms with Crippen LogP contribution in [-0.2, 0) is 19.6 Å². The van der Waals surface area contributed by atoms with Gasteiger partial charge in [-0.05, 0) is 76.6 Å². The van der Waals surface area contributed by atoms with E-state index in [4.69, 9.17) is 10.5 Å². The summed E-state index contributed by atoms with van der Waals surface area (Å²) in [6.45, 7) is 8.94. The summed E-state index contributed by atoms with van der Waals surface area (Å²) in [6.07, 6.45) is 0. The first-order valence-electron chi connectivity index (χ1n) is 13.4. The van der Waals surface area contributed by atoms with E-state index in [9.17, 15) is 18.0 Å². The van der Waals surface area contributed by atoms with Crippen molar-refractivity contribution in [3.05, 3.63) is 89.5 Å². The number of rotatable bonds is 10. The summed E-state index contributed by atoms with van der Waals surface area (Å²) < 4.78 is 32.8. The van der Waals surface area contributed by atoms with Crippen molar-refractivity contribution >= 4 is 50.2 Å². The van der Waals surface area contributed by atoms with Gasteiger partial charge >= 0.3 is 5.97 Å². The Morgan fingerprint density at radius 1 is 1.02 bits per heavy atom. The Kier molecular flexibility index (Phi) is 8.55. The van der Waals surface area contributed by atoms with Crippen LogP contribution in [0.5, 0.6) is 0 Å². The molecule has 0 spiro atoms. The molecule has 0 radical (unpaired) electrons. The van der Waals surface area contributed by atoms with E-state index in [2.05, 4.69) is 10.6 Å². The fourth-order valence-corrected chi connectivity index (χ4v) is 5.89. The number of benzene rings is 3.